The van der Waals surface area contributed by atoms with Gasteiger partial charge >= 0.3 is 0 Å². The van der Waals surface area contributed by atoms with E-state index in [9.17, 15) is 9.59 Å². The zero-order chi connectivity index (χ0) is 18.8. The molecule has 5 nitrogen and oxygen atoms in total. The van der Waals surface area contributed by atoms with E-state index in [2.05, 4.69) is 10.3 Å². The number of likely N-dealkylation sites (tertiary alicyclic amines) is 1. The number of hydrogen-bond donors (Lipinski definition) is 1. The number of nitrogens with zero attached hydrogens (tertiary/aromatic N) is 2. The molecule has 1 saturated heterocycles. The van der Waals surface area contributed by atoms with Crippen molar-refractivity contribution in [3.63, 3.8) is 0 Å². The van der Waals surface area contributed by atoms with Gasteiger partial charge in [0.1, 0.15) is 0 Å². The average molecular weight is 400 g/mol. The molecule has 27 heavy (non-hydrogen) atoms. The highest BCUT2D eigenvalue weighted by atomic mass is 35.5. The van der Waals surface area contributed by atoms with E-state index in [1.807, 2.05) is 39.9 Å². The van der Waals surface area contributed by atoms with Gasteiger partial charge in [-0.05, 0) is 42.5 Å². The Morgan fingerprint density at radius 3 is 2.78 bits per heavy atom. The molecule has 0 saturated carbocycles. The van der Waals surface area contributed by atoms with Crippen molar-refractivity contribution < 1.29 is 9.59 Å². The zero-order valence-corrected chi connectivity index (χ0v) is 16.1. The summed E-state index contributed by atoms with van der Waals surface area (Å²) < 4.78 is 0. The van der Waals surface area contributed by atoms with Gasteiger partial charge in [0.15, 0.2) is 0 Å². The smallest absolute Gasteiger partial charge is 0.256 e. The molecule has 3 heterocycles. The van der Waals surface area contributed by atoms with Gasteiger partial charge in [0.25, 0.3) is 11.8 Å². The molecule has 138 valence electrons. The number of pyridine rings is 1. The second kappa shape index (κ2) is 7.66. The summed E-state index contributed by atoms with van der Waals surface area (Å²) in [7, 11) is 0. The van der Waals surface area contributed by atoms with Crippen LogP contribution in [0.2, 0.25) is 5.02 Å². The van der Waals surface area contributed by atoms with Crippen LogP contribution in [0, 0.1) is 0 Å². The monoisotopic (exact) mass is 399 g/mol. The van der Waals surface area contributed by atoms with Gasteiger partial charge in [0.05, 0.1) is 11.1 Å². The number of carbonyl (C=O) groups is 2. The Labute approximate surface area is 166 Å². The number of amides is 2. The zero-order valence-electron chi connectivity index (χ0n) is 14.5. The minimum Gasteiger partial charge on any atom is -0.349 e. The number of carbonyl (C=O) groups excluding carboxylic acids is 2. The van der Waals surface area contributed by atoms with Crippen LogP contribution in [0.4, 0.5) is 0 Å². The highest BCUT2D eigenvalue weighted by Gasteiger charge is 2.26. The molecule has 0 bridgehead atoms. The van der Waals surface area contributed by atoms with Gasteiger partial charge in [-0.3, -0.25) is 14.6 Å². The molecule has 0 aliphatic carbocycles. The van der Waals surface area contributed by atoms with E-state index in [0.29, 0.717) is 34.8 Å². The van der Waals surface area contributed by atoms with Gasteiger partial charge in [0, 0.05) is 46.7 Å². The summed E-state index contributed by atoms with van der Waals surface area (Å²) in [6.07, 6.45) is 3.14. The van der Waals surface area contributed by atoms with Crippen LogP contribution in [0.1, 0.15) is 33.6 Å². The topological polar surface area (TPSA) is 62.3 Å². The second-order valence-corrected chi connectivity index (χ2v) is 7.80. The first-order chi connectivity index (χ1) is 13.1. The Morgan fingerprint density at radius 1 is 1.22 bits per heavy atom. The van der Waals surface area contributed by atoms with E-state index in [0.717, 1.165) is 18.2 Å². The lowest BCUT2D eigenvalue weighted by Gasteiger charge is -2.32. The van der Waals surface area contributed by atoms with Gasteiger partial charge in [-0.25, -0.2) is 0 Å². The SMILES string of the molecule is O=C(NC1CCN(C(=O)c2cc(Cl)cc3cccnc23)CC1)c1ccsc1. The second-order valence-electron chi connectivity index (χ2n) is 6.58. The summed E-state index contributed by atoms with van der Waals surface area (Å²) in [4.78, 5) is 31.4. The maximum Gasteiger partial charge on any atom is 0.256 e. The molecule has 0 radical (unpaired) electrons. The predicted molar refractivity (Wildman–Crippen MR) is 107 cm³/mol. The molecule has 1 aliphatic heterocycles. The van der Waals surface area contributed by atoms with Gasteiger partial charge in [-0.2, -0.15) is 11.3 Å². The normalized spacial score (nSPS) is 15.1. The first kappa shape index (κ1) is 17.9. The van der Waals surface area contributed by atoms with Crippen molar-refractivity contribution in [1.82, 2.24) is 15.2 Å². The average Bonchev–Trinajstić information content (AvgIpc) is 3.22. The lowest BCUT2D eigenvalue weighted by Crippen LogP contribution is -2.46. The maximum atomic E-state index is 13.0. The van der Waals surface area contributed by atoms with E-state index >= 15 is 0 Å². The van der Waals surface area contributed by atoms with Crippen LogP contribution in [-0.4, -0.2) is 40.8 Å². The van der Waals surface area contributed by atoms with Gasteiger partial charge in [-0.15, -0.1) is 0 Å². The Hall–Kier alpha value is -2.44. The van der Waals surface area contributed by atoms with Crippen LogP contribution in [0.15, 0.2) is 47.3 Å². The highest BCUT2D eigenvalue weighted by molar-refractivity contribution is 7.08. The van der Waals surface area contributed by atoms with E-state index in [1.165, 1.54) is 11.3 Å². The van der Waals surface area contributed by atoms with Crippen LogP contribution < -0.4 is 5.32 Å². The third-order valence-electron chi connectivity index (χ3n) is 4.80. The Balaban J connectivity index is 1.44. The lowest BCUT2D eigenvalue weighted by atomic mass is 10.0. The minimum atomic E-state index is -0.0659. The van der Waals surface area contributed by atoms with E-state index in [1.54, 1.807) is 12.3 Å². The van der Waals surface area contributed by atoms with E-state index in [4.69, 9.17) is 11.6 Å². The van der Waals surface area contributed by atoms with Crippen molar-refractivity contribution >= 4 is 45.7 Å². The molecule has 0 unspecified atom stereocenters. The first-order valence-corrected chi connectivity index (χ1v) is 10.1. The molecule has 0 atom stereocenters. The number of halogens is 1. The lowest BCUT2D eigenvalue weighted by molar-refractivity contribution is 0.0700. The van der Waals surface area contributed by atoms with Crippen molar-refractivity contribution in [2.24, 2.45) is 0 Å². The summed E-state index contributed by atoms with van der Waals surface area (Å²) in [5.41, 5.74) is 1.88. The summed E-state index contributed by atoms with van der Waals surface area (Å²) in [5.74, 6) is -0.116. The standard InChI is InChI=1S/C20H18ClN3O2S/c21-15-10-13-2-1-6-22-18(13)17(11-15)20(26)24-7-3-16(4-8-24)23-19(25)14-5-9-27-12-14/h1-2,5-6,9-12,16H,3-4,7-8H2,(H,23,25). The molecule has 2 aromatic heterocycles. The molecule has 4 rings (SSSR count). The molecule has 7 heteroatoms. The molecular formula is C20H18ClN3O2S. The van der Waals surface area contributed by atoms with Crippen molar-refractivity contribution in [2.45, 2.75) is 18.9 Å². The maximum absolute atomic E-state index is 13.0. The summed E-state index contributed by atoms with van der Waals surface area (Å²) in [6.45, 7) is 1.18. The molecule has 0 spiro atoms. The molecule has 1 aromatic carbocycles. The minimum absolute atomic E-state index is 0.0499. The van der Waals surface area contributed by atoms with Crippen molar-refractivity contribution in [3.8, 4) is 0 Å². The third kappa shape index (κ3) is 3.82. The quantitative estimate of drug-likeness (QED) is 0.724. The number of thiophene rings is 1. The van der Waals surface area contributed by atoms with Crippen LogP contribution in [0.5, 0.6) is 0 Å². The number of rotatable bonds is 3. The van der Waals surface area contributed by atoms with Crippen LogP contribution >= 0.6 is 22.9 Å². The first-order valence-electron chi connectivity index (χ1n) is 8.78. The third-order valence-corrected chi connectivity index (χ3v) is 5.70. The van der Waals surface area contributed by atoms with Gasteiger partial charge in [0.2, 0.25) is 0 Å². The van der Waals surface area contributed by atoms with Crippen molar-refractivity contribution in [3.05, 3.63) is 63.4 Å². The molecule has 2 amide bonds. The van der Waals surface area contributed by atoms with Gasteiger partial charge in [-0.1, -0.05) is 17.7 Å². The molecule has 1 N–H and O–H groups in total. The fraction of sp³-hybridized carbons (Fsp3) is 0.250. The summed E-state index contributed by atoms with van der Waals surface area (Å²) >= 11 is 7.69. The predicted octanol–water partition coefficient (Wildman–Crippen LogP) is 3.98. The van der Waals surface area contributed by atoms with Crippen molar-refractivity contribution in [2.75, 3.05) is 13.1 Å². The fourth-order valence-electron chi connectivity index (χ4n) is 3.38. The van der Waals surface area contributed by atoms with Crippen molar-refractivity contribution in [1.29, 1.82) is 0 Å². The van der Waals surface area contributed by atoms with E-state index in [-0.39, 0.29) is 17.9 Å². The Bertz CT molecular complexity index is 982. The van der Waals surface area contributed by atoms with Crippen LogP contribution in [0.25, 0.3) is 10.9 Å². The number of benzene rings is 1. The largest absolute Gasteiger partial charge is 0.349 e. The van der Waals surface area contributed by atoms with Crippen LogP contribution in [-0.2, 0) is 0 Å². The highest BCUT2D eigenvalue weighted by Crippen LogP contribution is 2.24. The van der Waals surface area contributed by atoms with E-state index < -0.39 is 0 Å². The molecule has 1 aliphatic rings. The fourth-order valence-corrected chi connectivity index (χ4v) is 4.24. The van der Waals surface area contributed by atoms with Crippen LogP contribution in [0.3, 0.4) is 0 Å². The molecular weight excluding hydrogens is 382 g/mol. The summed E-state index contributed by atoms with van der Waals surface area (Å²) in [5, 5.41) is 8.16. The number of fused-ring (bicyclic) bond motifs is 1. The number of piperidine rings is 1. The Morgan fingerprint density at radius 2 is 2.04 bits per heavy atom. The number of aromatic nitrogens is 1. The molecule has 1 fully saturated rings. The number of hydrogen-bond acceptors (Lipinski definition) is 4. The summed E-state index contributed by atoms with van der Waals surface area (Å²) in [6, 6.07) is 9.12. The number of nitrogens with one attached hydrogen (secondary N) is 1. The van der Waals surface area contributed by atoms with Gasteiger partial charge < -0.3 is 10.2 Å². The molecule has 3 aromatic rings. The Kier molecular flexibility index (Phi) is 5.09.